The average molecular weight is 582 g/mol. The van der Waals surface area contributed by atoms with E-state index in [0.717, 1.165) is 29.2 Å². The number of halogens is 3. The summed E-state index contributed by atoms with van der Waals surface area (Å²) in [6.07, 6.45) is 2.58. The van der Waals surface area contributed by atoms with Gasteiger partial charge in [0.2, 0.25) is 11.8 Å². The van der Waals surface area contributed by atoms with E-state index in [4.69, 9.17) is 23.2 Å². The fourth-order valence-electron chi connectivity index (χ4n) is 5.46. The van der Waals surface area contributed by atoms with Crippen molar-refractivity contribution in [3.63, 3.8) is 0 Å². The van der Waals surface area contributed by atoms with E-state index >= 15 is 0 Å². The smallest absolute Gasteiger partial charge is 0.231 e. The van der Waals surface area contributed by atoms with E-state index in [1.54, 1.807) is 11.0 Å². The number of nitrogens with one attached hydrogen (secondary N) is 2. The molecule has 0 bridgehead atoms. The van der Waals surface area contributed by atoms with Crippen molar-refractivity contribution in [3.05, 3.63) is 106 Å². The Hall–Kier alpha value is -3.39. The van der Waals surface area contributed by atoms with Gasteiger partial charge in [-0.25, -0.2) is 4.39 Å². The molecule has 3 aromatic carbocycles. The van der Waals surface area contributed by atoms with Crippen LogP contribution < -0.4 is 5.32 Å². The van der Waals surface area contributed by atoms with E-state index in [2.05, 4.69) is 10.3 Å². The lowest BCUT2D eigenvalue weighted by Gasteiger charge is -2.36. The Kier molecular flexibility index (Phi) is 8.74. The number of piperazine rings is 1. The molecular weight excluding hydrogens is 550 g/mol. The summed E-state index contributed by atoms with van der Waals surface area (Å²) in [6, 6.07) is 22.2. The summed E-state index contributed by atoms with van der Waals surface area (Å²) in [6.45, 7) is 3.40. The lowest BCUT2D eigenvalue weighted by atomic mass is 9.79. The second kappa shape index (κ2) is 12.4. The van der Waals surface area contributed by atoms with Gasteiger partial charge >= 0.3 is 0 Å². The van der Waals surface area contributed by atoms with Gasteiger partial charge in [-0.2, -0.15) is 0 Å². The van der Waals surface area contributed by atoms with E-state index in [0.29, 0.717) is 31.6 Å². The van der Waals surface area contributed by atoms with Gasteiger partial charge in [0.25, 0.3) is 0 Å². The number of nitrogens with zero attached hydrogens (tertiary/aromatic N) is 2. The first-order chi connectivity index (χ1) is 19.3. The highest BCUT2D eigenvalue weighted by Crippen LogP contribution is 2.38. The summed E-state index contributed by atoms with van der Waals surface area (Å²) >= 11 is 11.5. The maximum Gasteiger partial charge on any atom is 0.231 e. The van der Waals surface area contributed by atoms with Crippen LogP contribution in [0, 0.1) is 11.2 Å². The summed E-state index contributed by atoms with van der Waals surface area (Å²) in [7, 11) is 0. The summed E-state index contributed by atoms with van der Waals surface area (Å²) in [5.74, 6) is -0.552. The van der Waals surface area contributed by atoms with Crippen LogP contribution in [0.15, 0.2) is 79.0 Å². The van der Waals surface area contributed by atoms with Crippen molar-refractivity contribution in [1.29, 1.82) is 0 Å². The lowest BCUT2D eigenvalue weighted by molar-refractivity contribution is -0.142. The third-order valence-electron chi connectivity index (χ3n) is 7.45. The van der Waals surface area contributed by atoms with E-state index in [-0.39, 0.29) is 29.8 Å². The Morgan fingerprint density at radius 2 is 1.73 bits per heavy atom. The molecule has 6 rings (SSSR count). The van der Waals surface area contributed by atoms with Crippen molar-refractivity contribution < 1.29 is 14.0 Å². The second-order valence-electron chi connectivity index (χ2n) is 10.4. The van der Waals surface area contributed by atoms with Crippen LogP contribution in [-0.4, -0.2) is 59.3 Å². The van der Waals surface area contributed by atoms with E-state index in [1.807, 2.05) is 65.7 Å². The van der Waals surface area contributed by atoms with Crippen LogP contribution in [0.25, 0.3) is 10.9 Å². The number of carbonyl (C=O) groups excluding carboxylic acids is 2. The van der Waals surface area contributed by atoms with Crippen molar-refractivity contribution in [2.45, 2.75) is 19.4 Å². The minimum Gasteiger partial charge on any atom is -0.361 e. The molecule has 2 aliphatic rings. The Morgan fingerprint density at radius 3 is 2.48 bits per heavy atom. The van der Waals surface area contributed by atoms with Crippen molar-refractivity contribution in [2.24, 2.45) is 5.41 Å². The molecule has 0 radical (unpaired) electrons. The van der Waals surface area contributed by atoms with Gasteiger partial charge in [0, 0.05) is 62.4 Å². The van der Waals surface area contributed by atoms with Crippen molar-refractivity contribution in [1.82, 2.24) is 20.1 Å². The van der Waals surface area contributed by atoms with Gasteiger partial charge in [0.1, 0.15) is 5.82 Å². The molecule has 0 aliphatic carbocycles. The van der Waals surface area contributed by atoms with Crippen LogP contribution in [0.3, 0.4) is 0 Å². The Bertz CT molecular complexity index is 1490. The van der Waals surface area contributed by atoms with Gasteiger partial charge in [-0.15, -0.1) is 0 Å². The molecule has 2 aliphatic heterocycles. The number of aromatic nitrogens is 1. The monoisotopic (exact) mass is 580 g/mol. The Balaban J connectivity index is 0.000000269. The normalized spacial score (nSPS) is 19.0. The first-order valence-corrected chi connectivity index (χ1v) is 14.1. The Morgan fingerprint density at radius 1 is 0.950 bits per heavy atom. The highest BCUT2D eigenvalue weighted by atomic mass is 35.5. The van der Waals surface area contributed by atoms with Crippen LogP contribution in [-0.2, 0) is 22.6 Å². The number of aromatic amines is 1. The average Bonchev–Trinajstić information content (AvgIpc) is 3.55. The molecule has 2 N–H and O–H groups in total. The zero-order valence-corrected chi connectivity index (χ0v) is 23.5. The molecule has 1 aromatic heterocycles. The Labute approximate surface area is 243 Å². The van der Waals surface area contributed by atoms with Gasteiger partial charge in [-0.05, 0) is 53.3 Å². The third kappa shape index (κ3) is 6.49. The number of amides is 2. The highest BCUT2D eigenvalue weighted by molar-refractivity contribution is 6.31. The molecule has 2 amide bonds. The molecule has 2 fully saturated rings. The maximum absolute atomic E-state index is 13.9. The number of hydrogen-bond acceptors (Lipinski definition) is 3. The zero-order chi connectivity index (χ0) is 28.1. The molecule has 2 saturated heterocycles. The zero-order valence-electron chi connectivity index (χ0n) is 22.0. The quantitative estimate of drug-likeness (QED) is 0.318. The van der Waals surface area contributed by atoms with Gasteiger partial charge in [-0.3, -0.25) is 9.59 Å². The third-order valence-corrected chi connectivity index (χ3v) is 8.00. The van der Waals surface area contributed by atoms with Crippen molar-refractivity contribution in [2.75, 3.05) is 32.7 Å². The van der Waals surface area contributed by atoms with Crippen LogP contribution in [0.4, 0.5) is 4.39 Å². The van der Waals surface area contributed by atoms with Crippen LogP contribution >= 0.6 is 23.2 Å². The molecule has 4 aromatic rings. The van der Waals surface area contributed by atoms with Gasteiger partial charge < -0.3 is 20.1 Å². The van der Waals surface area contributed by atoms with Crippen LogP contribution in [0.2, 0.25) is 10.0 Å². The predicted molar refractivity (Wildman–Crippen MR) is 157 cm³/mol. The number of benzene rings is 3. The fraction of sp³-hybridized carbons (Fsp3) is 0.290. The summed E-state index contributed by atoms with van der Waals surface area (Å²) in [5, 5.41) is 5.29. The van der Waals surface area contributed by atoms with E-state index in [9.17, 15) is 14.0 Å². The maximum atomic E-state index is 13.9. The fourth-order valence-corrected chi connectivity index (χ4v) is 5.75. The van der Waals surface area contributed by atoms with Gasteiger partial charge in [0.15, 0.2) is 0 Å². The molecule has 208 valence electrons. The largest absolute Gasteiger partial charge is 0.361 e. The number of likely N-dealkylation sites (tertiary alicyclic amines) is 1. The first-order valence-electron chi connectivity index (χ1n) is 13.3. The molecule has 1 unspecified atom stereocenters. The van der Waals surface area contributed by atoms with Crippen molar-refractivity contribution >= 4 is 45.9 Å². The molecule has 0 spiro atoms. The van der Waals surface area contributed by atoms with Gasteiger partial charge in [-0.1, -0.05) is 65.7 Å². The molecule has 1 atom stereocenters. The lowest BCUT2D eigenvalue weighted by Crippen LogP contribution is -2.53. The molecule has 9 heteroatoms. The highest BCUT2D eigenvalue weighted by Gasteiger charge is 2.50. The summed E-state index contributed by atoms with van der Waals surface area (Å²) < 4.78 is 13.9. The molecule has 0 saturated carbocycles. The minimum absolute atomic E-state index is 0.0333. The molecule has 6 nitrogen and oxygen atoms in total. The standard InChI is InChI=1S/C23H25ClFN3O2.C8H6ClN/c24-19-7-6-18(12-20(19)25)15-28-16-23(14-21(28)29,13-17-4-2-1-3-5-17)22(30)27-10-8-26-9-11-27;9-7-2-1-6-3-4-10-8(6)5-7/h1-7,12,26H,8-11,13-16H2;1-5,10H. The number of fused-ring (bicyclic) bond motifs is 1. The predicted octanol–water partition coefficient (Wildman–Crippen LogP) is 5.69. The first kappa shape index (κ1) is 28.1. The molecule has 40 heavy (non-hydrogen) atoms. The molecular formula is C31H31Cl2FN4O2. The van der Waals surface area contributed by atoms with E-state index < -0.39 is 11.2 Å². The van der Waals surface area contributed by atoms with Gasteiger partial charge in [0.05, 0.1) is 10.4 Å². The SMILES string of the molecule is Clc1ccc2cc[nH]c2c1.O=C1CC(Cc2ccccc2)(C(=O)N2CCNCC2)CN1Cc1ccc(Cl)c(F)c1. The number of rotatable bonds is 5. The number of carbonyl (C=O) groups is 2. The van der Waals surface area contributed by atoms with Crippen LogP contribution in [0.5, 0.6) is 0 Å². The molecule has 3 heterocycles. The van der Waals surface area contributed by atoms with E-state index in [1.165, 1.54) is 17.5 Å². The topological polar surface area (TPSA) is 68.4 Å². The van der Waals surface area contributed by atoms with Crippen molar-refractivity contribution in [3.8, 4) is 0 Å². The summed E-state index contributed by atoms with van der Waals surface area (Å²) in [4.78, 5) is 33.2. The minimum atomic E-state index is -0.805. The second-order valence-corrected chi connectivity index (χ2v) is 11.2. The number of hydrogen-bond donors (Lipinski definition) is 2. The number of H-pyrrole nitrogens is 1. The van der Waals surface area contributed by atoms with Crippen LogP contribution in [0.1, 0.15) is 17.5 Å². The summed E-state index contributed by atoms with van der Waals surface area (Å²) in [5.41, 5.74) is 1.98.